The lowest BCUT2D eigenvalue weighted by Crippen LogP contribution is -2.42. The van der Waals surface area contributed by atoms with E-state index in [1.54, 1.807) is 24.3 Å². The third kappa shape index (κ3) is 3.31. The summed E-state index contributed by atoms with van der Waals surface area (Å²) in [4.78, 5) is 34.6. The van der Waals surface area contributed by atoms with Gasteiger partial charge < -0.3 is 14.8 Å². The van der Waals surface area contributed by atoms with Crippen molar-refractivity contribution < 1.29 is 19.1 Å². The first-order chi connectivity index (χ1) is 10.0. The molecule has 0 aliphatic heterocycles. The van der Waals surface area contributed by atoms with Gasteiger partial charge >= 0.3 is 11.7 Å². The van der Waals surface area contributed by atoms with Crippen LogP contribution in [0.4, 0.5) is 0 Å². The maximum absolute atomic E-state index is 11.9. The molecule has 1 aromatic carbocycles. The topological polar surface area (TPSA) is 102 Å². The van der Waals surface area contributed by atoms with Crippen molar-refractivity contribution in [2.45, 2.75) is 32.4 Å². The number of carboxylic acids is 1. The number of amides is 1. The van der Waals surface area contributed by atoms with Crippen LogP contribution >= 0.6 is 0 Å². The Hall–Kier alpha value is -2.57. The normalized spacial score (nSPS) is 12.2. The minimum atomic E-state index is -1.09. The summed E-state index contributed by atoms with van der Waals surface area (Å²) in [7, 11) is 0. The van der Waals surface area contributed by atoms with Crippen molar-refractivity contribution in [2.75, 3.05) is 0 Å². The van der Waals surface area contributed by atoms with Gasteiger partial charge in [0, 0.05) is 0 Å². The fourth-order valence-electron chi connectivity index (χ4n) is 2.09. The zero-order valence-electron chi connectivity index (χ0n) is 11.5. The summed E-state index contributed by atoms with van der Waals surface area (Å²) in [6.45, 7) is 1.56. The van der Waals surface area contributed by atoms with Gasteiger partial charge in [-0.05, 0) is 18.6 Å². The van der Waals surface area contributed by atoms with Crippen LogP contribution in [0.2, 0.25) is 0 Å². The van der Waals surface area contributed by atoms with E-state index in [1.807, 2.05) is 6.92 Å². The number of nitrogens with one attached hydrogen (secondary N) is 1. The average Bonchev–Trinajstić information content (AvgIpc) is 2.75. The Labute approximate surface area is 120 Å². The lowest BCUT2D eigenvalue weighted by Gasteiger charge is -2.13. The van der Waals surface area contributed by atoms with Crippen molar-refractivity contribution in [1.82, 2.24) is 9.88 Å². The molecule has 0 saturated carbocycles. The molecule has 1 aromatic heterocycles. The minimum Gasteiger partial charge on any atom is -0.480 e. The van der Waals surface area contributed by atoms with Gasteiger partial charge in [-0.25, -0.2) is 9.59 Å². The Morgan fingerprint density at radius 1 is 1.38 bits per heavy atom. The second-order valence-electron chi connectivity index (χ2n) is 4.67. The van der Waals surface area contributed by atoms with Gasteiger partial charge in [0.1, 0.15) is 12.6 Å². The number of aliphatic carboxylic acids is 1. The van der Waals surface area contributed by atoms with E-state index in [9.17, 15) is 14.4 Å². The molecule has 7 nitrogen and oxygen atoms in total. The summed E-state index contributed by atoms with van der Waals surface area (Å²) < 4.78 is 6.19. The van der Waals surface area contributed by atoms with Crippen molar-refractivity contribution in [3.05, 3.63) is 34.8 Å². The van der Waals surface area contributed by atoms with Crippen LogP contribution in [0.3, 0.4) is 0 Å². The molecule has 1 atom stereocenters. The summed E-state index contributed by atoms with van der Waals surface area (Å²) >= 11 is 0. The average molecular weight is 292 g/mol. The van der Waals surface area contributed by atoms with Gasteiger partial charge in [-0.2, -0.15) is 0 Å². The number of rotatable bonds is 6. The number of hydrogen-bond acceptors (Lipinski definition) is 4. The molecule has 0 spiro atoms. The molecule has 112 valence electrons. The third-order valence-electron chi connectivity index (χ3n) is 3.09. The number of para-hydroxylation sites is 2. The van der Waals surface area contributed by atoms with Crippen molar-refractivity contribution >= 4 is 23.0 Å². The van der Waals surface area contributed by atoms with Crippen LogP contribution in [0.1, 0.15) is 19.8 Å². The van der Waals surface area contributed by atoms with Crippen molar-refractivity contribution in [3.63, 3.8) is 0 Å². The van der Waals surface area contributed by atoms with Crippen molar-refractivity contribution in [3.8, 4) is 0 Å². The molecule has 0 radical (unpaired) electrons. The maximum Gasteiger partial charge on any atom is 0.420 e. The first-order valence-corrected chi connectivity index (χ1v) is 6.63. The van der Waals surface area contributed by atoms with E-state index in [2.05, 4.69) is 5.32 Å². The summed E-state index contributed by atoms with van der Waals surface area (Å²) in [5.74, 6) is -2.27. The van der Waals surface area contributed by atoms with Crippen molar-refractivity contribution in [2.24, 2.45) is 0 Å². The number of oxazole rings is 1. The van der Waals surface area contributed by atoms with Gasteiger partial charge in [-0.1, -0.05) is 25.5 Å². The van der Waals surface area contributed by atoms with Crippen LogP contribution in [0, 0.1) is 0 Å². The molecule has 0 bridgehead atoms. The zero-order valence-corrected chi connectivity index (χ0v) is 11.5. The van der Waals surface area contributed by atoms with Crippen LogP contribution in [0.5, 0.6) is 0 Å². The molecule has 2 rings (SSSR count). The first-order valence-electron chi connectivity index (χ1n) is 6.63. The Kier molecular flexibility index (Phi) is 4.42. The highest BCUT2D eigenvalue weighted by Gasteiger charge is 2.20. The third-order valence-corrected chi connectivity index (χ3v) is 3.09. The number of nitrogens with zero attached hydrogens (tertiary/aromatic N) is 1. The van der Waals surface area contributed by atoms with E-state index in [1.165, 1.54) is 4.57 Å². The number of benzene rings is 1. The Balaban J connectivity index is 2.16. The summed E-state index contributed by atoms with van der Waals surface area (Å²) in [5, 5.41) is 11.4. The summed E-state index contributed by atoms with van der Waals surface area (Å²) in [6, 6.07) is 5.79. The van der Waals surface area contributed by atoms with Crippen LogP contribution in [-0.2, 0) is 16.1 Å². The highest BCUT2D eigenvalue weighted by molar-refractivity contribution is 5.84. The summed E-state index contributed by atoms with van der Waals surface area (Å²) in [6.07, 6.45) is 0.966. The number of carbonyl (C=O) groups excluding carboxylic acids is 1. The molecule has 0 aliphatic carbocycles. The summed E-state index contributed by atoms with van der Waals surface area (Å²) in [5.41, 5.74) is 0.888. The van der Waals surface area contributed by atoms with Crippen LogP contribution in [0.25, 0.3) is 11.1 Å². The highest BCUT2D eigenvalue weighted by Crippen LogP contribution is 2.11. The Morgan fingerprint density at radius 3 is 2.76 bits per heavy atom. The Morgan fingerprint density at radius 2 is 2.10 bits per heavy atom. The predicted molar refractivity (Wildman–Crippen MR) is 74.9 cm³/mol. The number of fused-ring (bicyclic) bond motifs is 1. The minimum absolute atomic E-state index is 0.274. The molecule has 0 fully saturated rings. The predicted octanol–water partition coefficient (Wildman–Crippen LogP) is 0.964. The SMILES string of the molecule is CCC[C@H](NC(=O)Cn1c(=O)oc2ccccc21)C(=O)O. The van der Waals surface area contributed by atoms with Crippen LogP contribution < -0.4 is 11.1 Å². The van der Waals surface area contributed by atoms with Crippen LogP contribution in [-0.4, -0.2) is 27.6 Å². The second-order valence-corrected chi connectivity index (χ2v) is 4.67. The smallest absolute Gasteiger partial charge is 0.420 e. The van der Waals surface area contributed by atoms with Gasteiger partial charge in [-0.3, -0.25) is 9.36 Å². The molecule has 2 aromatic rings. The van der Waals surface area contributed by atoms with E-state index in [0.717, 1.165) is 0 Å². The van der Waals surface area contributed by atoms with E-state index < -0.39 is 23.7 Å². The molecule has 0 saturated heterocycles. The van der Waals surface area contributed by atoms with E-state index in [-0.39, 0.29) is 6.54 Å². The molecular weight excluding hydrogens is 276 g/mol. The molecule has 21 heavy (non-hydrogen) atoms. The zero-order chi connectivity index (χ0) is 15.4. The Bertz CT molecular complexity index is 715. The molecule has 2 N–H and O–H groups in total. The molecule has 1 heterocycles. The first kappa shape index (κ1) is 14.8. The molecule has 0 unspecified atom stereocenters. The largest absolute Gasteiger partial charge is 0.480 e. The van der Waals surface area contributed by atoms with Gasteiger partial charge in [0.2, 0.25) is 5.91 Å². The lowest BCUT2D eigenvalue weighted by molar-refractivity contribution is -0.142. The fraction of sp³-hybridized carbons (Fsp3) is 0.357. The van der Waals surface area contributed by atoms with Crippen molar-refractivity contribution in [1.29, 1.82) is 0 Å². The van der Waals surface area contributed by atoms with E-state index in [0.29, 0.717) is 23.9 Å². The van der Waals surface area contributed by atoms with Gasteiger partial charge in [0.25, 0.3) is 0 Å². The lowest BCUT2D eigenvalue weighted by atomic mass is 10.1. The number of aromatic nitrogens is 1. The van der Waals surface area contributed by atoms with Gasteiger partial charge in [0.05, 0.1) is 5.52 Å². The number of carboxylic acid groups (broad SMARTS) is 1. The maximum atomic E-state index is 11.9. The highest BCUT2D eigenvalue weighted by atomic mass is 16.4. The second kappa shape index (κ2) is 6.25. The monoisotopic (exact) mass is 292 g/mol. The van der Waals surface area contributed by atoms with Gasteiger partial charge in [-0.15, -0.1) is 0 Å². The molecule has 0 aliphatic rings. The standard InChI is InChI=1S/C14H16N2O5/c1-2-5-9(13(18)19)15-12(17)8-16-10-6-3-4-7-11(10)21-14(16)20/h3-4,6-7,9H,2,5,8H2,1H3,(H,15,17)(H,18,19)/t9-/m0/s1. The number of hydrogen-bond donors (Lipinski definition) is 2. The van der Waals surface area contributed by atoms with E-state index >= 15 is 0 Å². The fourth-order valence-corrected chi connectivity index (χ4v) is 2.09. The number of carbonyl (C=O) groups is 2. The van der Waals surface area contributed by atoms with E-state index in [4.69, 9.17) is 9.52 Å². The van der Waals surface area contributed by atoms with Crippen LogP contribution in [0.15, 0.2) is 33.5 Å². The quantitative estimate of drug-likeness (QED) is 0.826. The molecular formula is C14H16N2O5. The van der Waals surface area contributed by atoms with Gasteiger partial charge in [0.15, 0.2) is 5.58 Å². The molecule has 1 amide bonds. The molecule has 7 heteroatoms.